The van der Waals surface area contributed by atoms with Crippen LogP contribution in [0.5, 0.6) is 0 Å². The maximum atomic E-state index is 11.5. The number of aliphatic hydroxyl groups is 1. The number of rotatable bonds is 3. The lowest BCUT2D eigenvalue weighted by molar-refractivity contribution is -0.120. The van der Waals surface area contributed by atoms with E-state index in [9.17, 15) is 9.90 Å². The Labute approximate surface area is 133 Å². The van der Waals surface area contributed by atoms with E-state index in [0.29, 0.717) is 10.6 Å². The van der Waals surface area contributed by atoms with Crippen molar-refractivity contribution in [3.8, 4) is 0 Å². The van der Waals surface area contributed by atoms with Crippen molar-refractivity contribution in [1.82, 2.24) is 5.32 Å². The summed E-state index contributed by atoms with van der Waals surface area (Å²) < 4.78 is 0. The monoisotopic (exact) mass is 312 g/mol. The molecule has 1 aliphatic heterocycles. The average Bonchev–Trinajstić information content (AvgIpc) is 2.87. The molecular weight excluding hydrogens is 296 g/mol. The summed E-state index contributed by atoms with van der Waals surface area (Å²) in [4.78, 5) is 16.0. The zero-order valence-electron chi connectivity index (χ0n) is 12.1. The number of benzene rings is 2. The quantitative estimate of drug-likeness (QED) is 0.915. The van der Waals surface area contributed by atoms with Crippen molar-refractivity contribution in [3.63, 3.8) is 0 Å². The Kier molecular flexibility index (Phi) is 4.00. The molecule has 0 fully saturated rings. The van der Waals surface area contributed by atoms with E-state index in [-0.39, 0.29) is 5.91 Å². The van der Waals surface area contributed by atoms with Gasteiger partial charge in [-0.3, -0.25) is 4.79 Å². The van der Waals surface area contributed by atoms with E-state index < -0.39 is 11.1 Å². The second-order valence-electron chi connectivity index (χ2n) is 5.07. The number of nitrogens with one attached hydrogen (secondary N) is 1. The molecule has 1 amide bonds. The number of hydrogen-bond acceptors (Lipinski definition) is 4. The molecule has 0 radical (unpaired) electrons. The van der Waals surface area contributed by atoms with Crippen LogP contribution in [0.1, 0.15) is 18.1 Å². The van der Waals surface area contributed by atoms with Crippen LogP contribution in [0.3, 0.4) is 0 Å². The number of carbonyl (C=O) groups is 1. The summed E-state index contributed by atoms with van der Waals surface area (Å²) in [5, 5.41) is 14.0. The molecule has 0 saturated heterocycles. The molecule has 5 heteroatoms. The fraction of sp³-hybridized carbons (Fsp3) is 0.176. The highest BCUT2D eigenvalue weighted by molar-refractivity contribution is 8.15. The van der Waals surface area contributed by atoms with Crippen LogP contribution >= 0.6 is 11.8 Å². The third-order valence-corrected chi connectivity index (χ3v) is 4.65. The number of carbonyl (C=O) groups excluding carboxylic acids is 1. The summed E-state index contributed by atoms with van der Waals surface area (Å²) in [6.45, 7) is 1.44. The average molecular weight is 312 g/mol. The molecule has 0 saturated carbocycles. The number of aliphatic imine (C=N–C) groups is 1. The predicted octanol–water partition coefficient (Wildman–Crippen LogP) is 2.49. The first-order valence-electron chi connectivity index (χ1n) is 6.96. The Balaban J connectivity index is 2.03. The fourth-order valence-corrected chi connectivity index (χ4v) is 3.63. The van der Waals surface area contributed by atoms with E-state index in [1.165, 1.54) is 18.7 Å². The summed E-state index contributed by atoms with van der Waals surface area (Å²) in [5.41, 5.74) is 0.116. The fourth-order valence-electron chi connectivity index (χ4n) is 2.36. The topological polar surface area (TPSA) is 61.7 Å². The minimum atomic E-state index is -1.47. The van der Waals surface area contributed by atoms with E-state index in [1.807, 2.05) is 60.7 Å². The Morgan fingerprint density at radius 1 is 1.14 bits per heavy atom. The highest BCUT2D eigenvalue weighted by Crippen LogP contribution is 2.41. The second kappa shape index (κ2) is 5.94. The van der Waals surface area contributed by atoms with Crippen LogP contribution in [0.2, 0.25) is 0 Å². The molecule has 3 rings (SSSR count). The third kappa shape index (κ3) is 2.77. The van der Waals surface area contributed by atoms with E-state index in [0.717, 1.165) is 5.56 Å². The molecule has 2 N–H and O–H groups in total. The van der Waals surface area contributed by atoms with Crippen LogP contribution in [0.25, 0.3) is 0 Å². The Morgan fingerprint density at radius 2 is 1.73 bits per heavy atom. The number of amides is 1. The van der Waals surface area contributed by atoms with E-state index in [2.05, 4.69) is 10.3 Å². The first kappa shape index (κ1) is 14.8. The van der Waals surface area contributed by atoms with Crippen LogP contribution in [-0.2, 0) is 10.5 Å². The van der Waals surface area contributed by atoms with Crippen molar-refractivity contribution in [2.45, 2.75) is 18.0 Å². The molecule has 0 aromatic heterocycles. The van der Waals surface area contributed by atoms with Gasteiger partial charge in [0.15, 0.2) is 0 Å². The zero-order chi connectivity index (χ0) is 15.6. The van der Waals surface area contributed by atoms with Gasteiger partial charge in [0.1, 0.15) is 10.4 Å². The maximum absolute atomic E-state index is 11.5. The van der Waals surface area contributed by atoms with Crippen LogP contribution in [0.4, 0.5) is 0 Å². The number of hydrogen-bond donors (Lipinski definition) is 2. The third-order valence-electron chi connectivity index (χ3n) is 3.42. The van der Waals surface area contributed by atoms with Crippen molar-refractivity contribution < 1.29 is 9.90 Å². The molecule has 0 bridgehead atoms. The summed E-state index contributed by atoms with van der Waals surface area (Å²) in [6, 6.07) is 18.8. The van der Waals surface area contributed by atoms with Gasteiger partial charge in [0.25, 0.3) is 0 Å². The van der Waals surface area contributed by atoms with Crippen molar-refractivity contribution in [2.75, 3.05) is 0 Å². The highest BCUT2D eigenvalue weighted by Gasteiger charge is 2.45. The standard InChI is InChI=1S/C17H16N2O2S/c1-12(20)18-16-17(21,14-10-6-3-7-11-14)19-15(22-16)13-8-4-2-5-9-13/h2-11,16,21H,1H3,(H,18,20)/t16-,17-/m0/s1. The van der Waals surface area contributed by atoms with Gasteiger partial charge in [0.2, 0.25) is 11.6 Å². The lowest BCUT2D eigenvalue weighted by atomic mass is 10.0. The largest absolute Gasteiger partial charge is 0.363 e. The highest BCUT2D eigenvalue weighted by atomic mass is 32.2. The van der Waals surface area contributed by atoms with Gasteiger partial charge in [-0.2, -0.15) is 0 Å². The van der Waals surface area contributed by atoms with Crippen molar-refractivity contribution >= 4 is 22.7 Å². The Hall–Kier alpha value is -2.11. The van der Waals surface area contributed by atoms with Crippen LogP contribution in [-0.4, -0.2) is 21.4 Å². The van der Waals surface area contributed by atoms with Crippen LogP contribution < -0.4 is 5.32 Å². The molecule has 2 aromatic carbocycles. The van der Waals surface area contributed by atoms with Gasteiger partial charge in [-0.1, -0.05) is 72.4 Å². The van der Waals surface area contributed by atoms with E-state index in [1.54, 1.807) is 0 Å². The van der Waals surface area contributed by atoms with Gasteiger partial charge in [-0.05, 0) is 0 Å². The molecule has 0 spiro atoms. The van der Waals surface area contributed by atoms with Crippen LogP contribution in [0.15, 0.2) is 65.7 Å². The molecule has 4 nitrogen and oxygen atoms in total. The molecule has 112 valence electrons. The lowest BCUT2D eigenvalue weighted by Crippen LogP contribution is -2.44. The van der Waals surface area contributed by atoms with Crippen molar-refractivity contribution in [1.29, 1.82) is 0 Å². The van der Waals surface area contributed by atoms with Crippen molar-refractivity contribution in [2.24, 2.45) is 4.99 Å². The maximum Gasteiger partial charge on any atom is 0.217 e. The first-order valence-corrected chi connectivity index (χ1v) is 7.84. The molecule has 0 aliphatic carbocycles. The van der Waals surface area contributed by atoms with Gasteiger partial charge >= 0.3 is 0 Å². The molecule has 2 atom stereocenters. The molecule has 22 heavy (non-hydrogen) atoms. The minimum absolute atomic E-state index is 0.198. The summed E-state index contributed by atoms with van der Waals surface area (Å²) in [7, 11) is 0. The number of thioether (sulfide) groups is 1. The van der Waals surface area contributed by atoms with Gasteiger partial charge in [-0.15, -0.1) is 0 Å². The summed E-state index contributed by atoms with van der Waals surface area (Å²) in [6.07, 6.45) is 0. The minimum Gasteiger partial charge on any atom is -0.363 e. The van der Waals surface area contributed by atoms with Gasteiger partial charge < -0.3 is 10.4 Å². The Bertz CT molecular complexity index is 703. The lowest BCUT2D eigenvalue weighted by Gasteiger charge is -2.27. The molecular formula is C17H16N2O2S. The van der Waals surface area contributed by atoms with Crippen molar-refractivity contribution in [3.05, 3.63) is 71.8 Å². The van der Waals surface area contributed by atoms with E-state index in [4.69, 9.17) is 0 Å². The van der Waals surface area contributed by atoms with Gasteiger partial charge in [0.05, 0.1) is 0 Å². The molecule has 2 aromatic rings. The first-order chi connectivity index (χ1) is 10.6. The van der Waals surface area contributed by atoms with Gasteiger partial charge in [0, 0.05) is 18.1 Å². The normalized spacial score (nSPS) is 23.9. The Morgan fingerprint density at radius 3 is 2.32 bits per heavy atom. The SMILES string of the molecule is CC(=O)N[C@H]1SC(c2ccccc2)=N[C@]1(O)c1ccccc1. The summed E-state index contributed by atoms with van der Waals surface area (Å²) >= 11 is 1.36. The summed E-state index contributed by atoms with van der Waals surface area (Å²) in [5.74, 6) is -0.198. The predicted molar refractivity (Wildman–Crippen MR) is 88.5 cm³/mol. The smallest absolute Gasteiger partial charge is 0.217 e. The number of nitrogens with zero attached hydrogens (tertiary/aromatic N) is 1. The zero-order valence-corrected chi connectivity index (χ0v) is 12.9. The molecule has 1 heterocycles. The van der Waals surface area contributed by atoms with Gasteiger partial charge in [-0.25, -0.2) is 4.99 Å². The second-order valence-corrected chi connectivity index (χ2v) is 6.17. The molecule has 1 aliphatic rings. The molecule has 0 unspecified atom stereocenters. The van der Waals surface area contributed by atoms with E-state index >= 15 is 0 Å². The van der Waals surface area contributed by atoms with Crippen LogP contribution in [0, 0.1) is 0 Å².